The Labute approximate surface area is 56.3 Å². The maximum Gasteiger partial charge on any atom is 0.414 e. The van der Waals surface area contributed by atoms with Crippen molar-refractivity contribution in [3.63, 3.8) is 0 Å². The molecule has 0 aliphatic rings. The number of halogens is 3. The first kappa shape index (κ1) is 9.71. The van der Waals surface area contributed by atoms with Crippen molar-refractivity contribution in [3.8, 4) is 0 Å². The number of alkyl halides is 3. The van der Waals surface area contributed by atoms with Crippen LogP contribution >= 0.6 is 0 Å². The molecule has 62 valence electrons. The van der Waals surface area contributed by atoms with Gasteiger partial charge in [0.2, 0.25) is 0 Å². The van der Waals surface area contributed by atoms with Crippen molar-refractivity contribution in [2.24, 2.45) is 0 Å². The average Bonchev–Trinajstić information content (AvgIpc) is 1.60. The lowest BCUT2D eigenvalue weighted by Gasteiger charge is -2.15. The van der Waals surface area contributed by atoms with E-state index in [1.54, 1.807) is 0 Å². The van der Waals surface area contributed by atoms with Gasteiger partial charge in [-0.1, -0.05) is 0 Å². The lowest BCUT2D eigenvalue weighted by atomic mass is 10.2. The van der Waals surface area contributed by atoms with Crippen LogP contribution in [-0.2, 0) is 0 Å². The second-order valence-corrected chi connectivity index (χ2v) is 2.14. The first-order valence-electron chi connectivity index (χ1n) is 2.77. The number of hydrogen-bond donors (Lipinski definition) is 2. The van der Waals surface area contributed by atoms with Crippen molar-refractivity contribution < 1.29 is 23.4 Å². The Morgan fingerprint density at radius 2 is 1.70 bits per heavy atom. The number of hydrogen-bond acceptors (Lipinski definition) is 2. The van der Waals surface area contributed by atoms with Gasteiger partial charge in [0, 0.05) is 6.42 Å². The maximum absolute atomic E-state index is 11.4. The molecule has 0 spiro atoms. The lowest BCUT2D eigenvalue weighted by Crippen LogP contribution is -2.31. The highest BCUT2D eigenvalue weighted by Crippen LogP contribution is 2.22. The molecule has 2 atom stereocenters. The van der Waals surface area contributed by atoms with Gasteiger partial charge in [-0.2, -0.15) is 13.2 Å². The summed E-state index contributed by atoms with van der Waals surface area (Å²) in [6.45, 7) is 1.19. The van der Waals surface area contributed by atoms with Gasteiger partial charge in [-0.3, -0.25) is 0 Å². The molecule has 2 nitrogen and oxygen atoms in total. The van der Waals surface area contributed by atoms with E-state index in [4.69, 9.17) is 10.2 Å². The van der Waals surface area contributed by atoms with Crippen molar-refractivity contribution in [3.05, 3.63) is 0 Å². The Morgan fingerprint density at radius 3 is 1.80 bits per heavy atom. The lowest BCUT2D eigenvalue weighted by molar-refractivity contribution is -0.210. The minimum atomic E-state index is -4.61. The largest absolute Gasteiger partial charge is 0.414 e. The molecule has 0 aromatic carbocycles. The summed E-state index contributed by atoms with van der Waals surface area (Å²) in [5.41, 5.74) is 0. The van der Waals surface area contributed by atoms with E-state index in [-0.39, 0.29) is 0 Å². The van der Waals surface area contributed by atoms with Gasteiger partial charge in [-0.05, 0) is 6.92 Å². The molecule has 0 saturated carbocycles. The van der Waals surface area contributed by atoms with Gasteiger partial charge in [0.25, 0.3) is 0 Å². The summed E-state index contributed by atoms with van der Waals surface area (Å²) in [6.07, 6.45) is -8.82. The van der Waals surface area contributed by atoms with Gasteiger partial charge in [-0.15, -0.1) is 0 Å². The number of rotatable bonds is 2. The average molecular weight is 158 g/mol. The van der Waals surface area contributed by atoms with Crippen LogP contribution < -0.4 is 0 Å². The first-order chi connectivity index (χ1) is 4.34. The smallest absolute Gasteiger partial charge is 0.393 e. The first-order valence-corrected chi connectivity index (χ1v) is 2.77. The molecule has 0 bridgehead atoms. The summed E-state index contributed by atoms with van der Waals surface area (Å²) in [4.78, 5) is 0. The highest BCUT2D eigenvalue weighted by molar-refractivity contribution is 4.67. The molecular weight excluding hydrogens is 149 g/mol. The van der Waals surface area contributed by atoms with Crippen molar-refractivity contribution in [2.45, 2.75) is 31.7 Å². The Kier molecular flexibility index (Phi) is 3.11. The van der Waals surface area contributed by atoms with Crippen molar-refractivity contribution in [1.29, 1.82) is 0 Å². The molecule has 0 aliphatic heterocycles. The second-order valence-electron chi connectivity index (χ2n) is 2.14. The van der Waals surface area contributed by atoms with Crippen LogP contribution in [0.2, 0.25) is 0 Å². The van der Waals surface area contributed by atoms with E-state index < -0.39 is 24.8 Å². The van der Waals surface area contributed by atoms with E-state index in [2.05, 4.69) is 0 Å². The molecule has 0 aliphatic carbocycles. The Hall–Kier alpha value is -0.290. The summed E-state index contributed by atoms with van der Waals surface area (Å²) in [5.74, 6) is 0. The van der Waals surface area contributed by atoms with Crippen molar-refractivity contribution in [1.82, 2.24) is 0 Å². The van der Waals surface area contributed by atoms with Crippen LogP contribution in [0.5, 0.6) is 0 Å². The van der Waals surface area contributed by atoms with E-state index >= 15 is 0 Å². The summed E-state index contributed by atoms with van der Waals surface area (Å²) in [6, 6.07) is 0. The highest BCUT2D eigenvalue weighted by Gasteiger charge is 2.38. The van der Waals surface area contributed by atoms with E-state index in [9.17, 15) is 13.2 Å². The third kappa shape index (κ3) is 3.68. The van der Waals surface area contributed by atoms with Crippen molar-refractivity contribution >= 4 is 0 Å². The third-order valence-electron chi connectivity index (χ3n) is 0.942. The van der Waals surface area contributed by atoms with E-state index in [1.807, 2.05) is 0 Å². The minimum Gasteiger partial charge on any atom is -0.393 e. The number of aliphatic hydroxyl groups is 2. The Morgan fingerprint density at radius 1 is 1.30 bits per heavy atom. The minimum absolute atomic E-state index is 0.663. The monoisotopic (exact) mass is 158 g/mol. The predicted molar refractivity (Wildman–Crippen MR) is 28.4 cm³/mol. The van der Waals surface area contributed by atoms with Crippen LogP contribution in [0.1, 0.15) is 13.3 Å². The third-order valence-corrected chi connectivity index (χ3v) is 0.942. The molecule has 0 saturated heterocycles. The summed E-state index contributed by atoms with van der Waals surface area (Å²) in [7, 11) is 0. The summed E-state index contributed by atoms with van der Waals surface area (Å²) < 4.78 is 34.3. The van der Waals surface area contributed by atoms with E-state index in [0.717, 1.165) is 0 Å². The van der Waals surface area contributed by atoms with Gasteiger partial charge >= 0.3 is 6.18 Å². The normalized spacial score (nSPS) is 18.6. The van der Waals surface area contributed by atoms with E-state index in [0.29, 0.717) is 0 Å². The zero-order chi connectivity index (χ0) is 8.36. The van der Waals surface area contributed by atoms with Crippen molar-refractivity contribution in [2.75, 3.05) is 0 Å². The summed E-state index contributed by atoms with van der Waals surface area (Å²) >= 11 is 0. The topological polar surface area (TPSA) is 40.5 Å². The molecule has 5 heteroatoms. The predicted octanol–water partition coefficient (Wildman–Crippen LogP) is 0.681. The van der Waals surface area contributed by atoms with Crippen LogP contribution in [0.3, 0.4) is 0 Å². The Balaban J connectivity index is 3.73. The maximum atomic E-state index is 11.4. The molecule has 0 aromatic rings. The van der Waals surface area contributed by atoms with Gasteiger partial charge in [0.1, 0.15) is 0 Å². The molecule has 0 rings (SSSR count). The molecule has 2 unspecified atom stereocenters. The molecule has 0 amide bonds. The number of aliphatic hydroxyl groups excluding tert-OH is 2. The molecule has 10 heavy (non-hydrogen) atoms. The quantitative estimate of drug-likeness (QED) is 0.620. The van der Waals surface area contributed by atoms with Gasteiger partial charge in [-0.25, -0.2) is 0 Å². The molecule has 2 N–H and O–H groups in total. The second kappa shape index (κ2) is 3.21. The fraction of sp³-hybridized carbons (Fsp3) is 1.00. The highest BCUT2D eigenvalue weighted by atomic mass is 19.4. The molecule has 0 radical (unpaired) electrons. The van der Waals surface area contributed by atoms with Crippen LogP contribution in [0, 0.1) is 0 Å². The van der Waals surface area contributed by atoms with Crippen LogP contribution in [-0.4, -0.2) is 28.6 Å². The molecule has 0 aromatic heterocycles. The summed E-state index contributed by atoms with van der Waals surface area (Å²) in [5, 5.41) is 16.7. The molecule has 0 fully saturated rings. The standard InChI is InChI=1S/C5H9F3O2/c1-3(9)2-4(10)5(6,7)8/h3-4,9-10H,2H2,1H3. The van der Waals surface area contributed by atoms with Crippen LogP contribution in [0.4, 0.5) is 13.2 Å². The fourth-order valence-corrected chi connectivity index (χ4v) is 0.457. The van der Waals surface area contributed by atoms with Crippen LogP contribution in [0.25, 0.3) is 0 Å². The Bertz CT molecular complexity index is 99.6. The van der Waals surface area contributed by atoms with Gasteiger partial charge in [0.05, 0.1) is 6.10 Å². The molecular formula is C5H9F3O2. The van der Waals surface area contributed by atoms with E-state index in [1.165, 1.54) is 6.92 Å². The van der Waals surface area contributed by atoms with Gasteiger partial charge in [0.15, 0.2) is 6.10 Å². The van der Waals surface area contributed by atoms with Gasteiger partial charge < -0.3 is 10.2 Å². The SMILES string of the molecule is CC(O)CC(O)C(F)(F)F. The molecule has 0 heterocycles. The zero-order valence-corrected chi connectivity index (χ0v) is 5.39. The van der Waals surface area contributed by atoms with Crippen LogP contribution in [0.15, 0.2) is 0 Å². The zero-order valence-electron chi connectivity index (χ0n) is 5.39. The fourth-order valence-electron chi connectivity index (χ4n) is 0.457.